The lowest BCUT2D eigenvalue weighted by molar-refractivity contribution is 0.658. The average Bonchev–Trinajstić information content (AvgIpc) is 2.16. The molecule has 0 spiro atoms. The molecule has 2 N–H and O–H groups in total. The molecule has 0 aromatic heterocycles. The minimum absolute atomic E-state index is 0.493. The smallest absolute Gasteiger partial charge is 0.278 e. The summed E-state index contributed by atoms with van der Waals surface area (Å²) in [6.45, 7) is 4.31. The van der Waals surface area contributed by atoms with E-state index >= 15 is 0 Å². The molecule has 0 fully saturated rings. The van der Waals surface area contributed by atoms with E-state index in [1.165, 1.54) is 5.47 Å². The highest BCUT2D eigenvalue weighted by atomic mass is 14.5. The second-order valence-electron chi connectivity index (χ2n) is 4.41. The predicted octanol–water partition coefficient (Wildman–Crippen LogP) is 2.57. The number of hydrogen-bond donors (Lipinski definition) is 1. The van der Waals surface area contributed by atoms with Crippen LogP contribution in [0.3, 0.4) is 0 Å². The van der Waals surface area contributed by atoms with Crippen LogP contribution >= 0.6 is 0 Å². The molecular weight excluding hydrogens is 195 g/mol. The third-order valence-corrected chi connectivity index (χ3v) is 2.26. The Morgan fingerprint density at radius 3 is 2.88 bits per heavy atom. The minimum Gasteiger partial charge on any atom is -0.399 e. The number of nitrogens with two attached hydrogens (primary N) is 1. The Balaban J connectivity index is 2.89. The molecule has 1 aromatic carbocycles. The molecule has 3 heteroatoms. The van der Waals surface area contributed by atoms with Gasteiger partial charge in [-0.3, -0.25) is 0 Å². The fourth-order valence-corrected chi connectivity index (χ4v) is 1.69. The topological polar surface area (TPSA) is 49.8 Å². The van der Waals surface area contributed by atoms with Gasteiger partial charge in [-0.05, 0) is 30.0 Å². The summed E-state index contributed by atoms with van der Waals surface area (Å²) in [5.74, 6) is 2.78. The molecule has 0 heterocycles. The van der Waals surface area contributed by atoms with Crippen LogP contribution in [0.25, 0.3) is 6.08 Å². The van der Waals surface area contributed by atoms with Gasteiger partial charge >= 0.3 is 0 Å². The molecule has 2 nitrogen and oxygen atoms in total. The number of hydrogen-bond acceptors (Lipinski definition) is 2. The second-order valence-corrected chi connectivity index (χ2v) is 4.41. The van der Waals surface area contributed by atoms with Crippen molar-refractivity contribution in [3.63, 3.8) is 0 Å². The van der Waals surface area contributed by atoms with E-state index in [0.717, 1.165) is 17.7 Å². The second kappa shape index (κ2) is 6.02. The molecule has 1 aromatic rings. The van der Waals surface area contributed by atoms with Crippen LogP contribution in [-0.4, -0.2) is 7.28 Å². The van der Waals surface area contributed by atoms with Crippen LogP contribution in [0, 0.1) is 17.1 Å². The van der Waals surface area contributed by atoms with E-state index < -0.39 is 0 Å². The van der Waals surface area contributed by atoms with E-state index in [4.69, 9.17) is 11.0 Å². The van der Waals surface area contributed by atoms with E-state index in [1.807, 2.05) is 24.3 Å². The zero-order valence-electron chi connectivity index (χ0n) is 9.90. The Labute approximate surface area is 98.0 Å². The summed E-state index contributed by atoms with van der Waals surface area (Å²) in [4.78, 5) is 0. The standard InChI is InChI=1S/C13H17BN2/c1-10(2)6-12(14-9-15)7-11-4-3-5-13(16)8-11/h3-5,7-8,10,14H,6,16H2,1-2H3/b12-7+. The van der Waals surface area contributed by atoms with Crippen LogP contribution < -0.4 is 5.73 Å². The number of allylic oxidation sites excluding steroid dienone is 1. The number of benzene rings is 1. The minimum atomic E-state index is 0.493. The van der Waals surface area contributed by atoms with Crippen LogP contribution in [0.15, 0.2) is 29.7 Å². The van der Waals surface area contributed by atoms with E-state index in [9.17, 15) is 0 Å². The summed E-state index contributed by atoms with van der Waals surface area (Å²) < 4.78 is 0. The van der Waals surface area contributed by atoms with Crippen LogP contribution in [0.5, 0.6) is 0 Å². The fourth-order valence-electron chi connectivity index (χ4n) is 1.69. The maximum atomic E-state index is 8.77. The first-order valence-electron chi connectivity index (χ1n) is 5.53. The van der Waals surface area contributed by atoms with Crippen molar-refractivity contribution in [3.05, 3.63) is 35.3 Å². The van der Waals surface area contributed by atoms with Gasteiger partial charge in [-0.2, -0.15) is 0 Å². The highest BCUT2D eigenvalue weighted by Crippen LogP contribution is 2.15. The first-order valence-corrected chi connectivity index (χ1v) is 5.53. The largest absolute Gasteiger partial charge is 0.399 e. The molecule has 82 valence electrons. The Bertz CT molecular complexity index is 416. The van der Waals surface area contributed by atoms with Gasteiger partial charge < -0.3 is 5.73 Å². The Morgan fingerprint density at radius 2 is 2.31 bits per heavy atom. The third kappa shape index (κ3) is 4.23. The summed E-state index contributed by atoms with van der Waals surface area (Å²) in [7, 11) is 0.493. The molecule has 0 atom stereocenters. The van der Waals surface area contributed by atoms with Gasteiger partial charge in [0.1, 0.15) is 0 Å². The monoisotopic (exact) mass is 212 g/mol. The first kappa shape index (κ1) is 12.4. The van der Waals surface area contributed by atoms with Crippen LogP contribution in [0.4, 0.5) is 5.69 Å². The molecule has 0 aliphatic rings. The lowest BCUT2D eigenvalue weighted by Crippen LogP contribution is -1.99. The van der Waals surface area contributed by atoms with Gasteiger partial charge in [-0.25, -0.2) is 5.26 Å². The van der Waals surface area contributed by atoms with E-state index in [-0.39, 0.29) is 0 Å². The normalized spacial score (nSPS) is 11.2. The molecule has 0 aliphatic carbocycles. The summed E-state index contributed by atoms with van der Waals surface area (Å²) in [5, 5.41) is 8.77. The third-order valence-electron chi connectivity index (χ3n) is 2.26. The van der Waals surface area contributed by atoms with Crippen molar-refractivity contribution in [3.8, 4) is 5.97 Å². The Hall–Kier alpha value is -1.69. The van der Waals surface area contributed by atoms with E-state index in [2.05, 4.69) is 25.9 Å². The Kier molecular flexibility index (Phi) is 4.66. The lowest BCUT2D eigenvalue weighted by Gasteiger charge is -2.06. The Morgan fingerprint density at radius 1 is 1.56 bits per heavy atom. The molecule has 0 saturated carbocycles. The fraction of sp³-hybridized carbons (Fsp3) is 0.308. The quantitative estimate of drug-likeness (QED) is 0.615. The molecule has 0 saturated heterocycles. The van der Waals surface area contributed by atoms with E-state index in [0.29, 0.717) is 13.2 Å². The van der Waals surface area contributed by atoms with Crippen molar-refractivity contribution in [2.24, 2.45) is 5.92 Å². The molecule has 0 unspecified atom stereocenters. The highest BCUT2D eigenvalue weighted by molar-refractivity contribution is 6.54. The summed E-state index contributed by atoms with van der Waals surface area (Å²) >= 11 is 0. The van der Waals surface area contributed by atoms with Gasteiger partial charge in [0.25, 0.3) is 7.28 Å². The SMILES string of the molecule is CC(C)C/C(BC#N)=C\c1cccc(N)c1. The first-order chi connectivity index (χ1) is 7.61. The van der Waals surface area contributed by atoms with Gasteiger partial charge in [0.2, 0.25) is 0 Å². The zero-order chi connectivity index (χ0) is 12.0. The summed E-state index contributed by atoms with van der Waals surface area (Å²) in [5.41, 5.74) is 8.72. The highest BCUT2D eigenvalue weighted by Gasteiger charge is 2.03. The molecule has 16 heavy (non-hydrogen) atoms. The van der Waals surface area contributed by atoms with Crippen molar-refractivity contribution in [2.45, 2.75) is 20.3 Å². The average molecular weight is 212 g/mol. The molecule has 0 amide bonds. The van der Waals surface area contributed by atoms with Crippen molar-refractivity contribution < 1.29 is 0 Å². The van der Waals surface area contributed by atoms with Crippen molar-refractivity contribution >= 4 is 19.0 Å². The molecule has 0 bridgehead atoms. The number of anilines is 1. The van der Waals surface area contributed by atoms with E-state index in [1.54, 1.807) is 0 Å². The predicted molar refractivity (Wildman–Crippen MR) is 71.0 cm³/mol. The summed E-state index contributed by atoms with van der Waals surface area (Å²) in [6.07, 6.45) is 3.03. The maximum absolute atomic E-state index is 8.77. The number of nitriles is 1. The molecule has 0 aliphatic heterocycles. The van der Waals surface area contributed by atoms with Gasteiger partial charge in [0.05, 0.1) is 0 Å². The molecule has 0 radical (unpaired) electrons. The number of nitrogens with zero attached hydrogens (tertiary/aromatic N) is 1. The van der Waals surface area contributed by atoms with Crippen molar-refractivity contribution in [2.75, 3.05) is 5.73 Å². The van der Waals surface area contributed by atoms with Gasteiger partial charge in [0, 0.05) is 11.7 Å². The maximum Gasteiger partial charge on any atom is 0.278 e. The molecular formula is C13H17BN2. The van der Waals surface area contributed by atoms with Crippen LogP contribution in [0.2, 0.25) is 0 Å². The van der Waals surface area contributed by atoms with Gasteiger partial charge in [-0.1, -0.05) is 37.5 Å². The van der Waals surface area contributed by atoms with Gasteiger partial charge in [-0.15, -0.1) is 0 Å². The van der Waals surface area contributed by atoms with Crippen LogP contribution in [-0.2, 0) is 0 Å². The lowest BCUT2D eigenvalue weighted by atomic mass is 9.68. The number of nitrogen functional groups attached to an aromatic ring is 1. The van der Waals surface area contributed by atoms with Crippen LogP contribution in [0.1, 0.15) is 25.8 Å². The van der Waals surface area contributed by atoms with Crippen molar-refractivity contribution in [1.29, 1.82) is 5.26 Å². The molecule has 1 rings (SSSR count). The summed E-state index contributed by atoms with van der Waals surface area (Å²) in [6, 6.07) is 7.73. The van der Waals surface area contributed by atoms with Gasteiger partial charge in [0.15, 0.2) is 0 Å². The van der Waals surface area contributed by atoms with Crippen molar-refractivity contribution in [1.82, 2.24) is 0 Å². The zero-order valence-corrected chi connectivity index (χ0v) is 9.90. The number of rotatable bonds is 4.